The fourth-order valence-electron chi connectivity index (χ4n) is 8.91. The maximum Gasteiger partial charge on any atom is 0.0725 e. The second kappa shape index (κ2) is 8.88. The monoisotopic (exact) mass is 598 g/mol. The van der Waals surface area contributed by atoms with Gasteiger partial charge < -0.3 is 0 Å². The highest BCUT2D eigenvalue weighted by Crippen LogP contribution is 2.64. The van der Waals surface area contributed by atoms with Crippen LogP contribution in [0.25, 0.3) is 66.1 Å². The van der Waals surface area contributed by atoms with Crippen LogP contribution in [0.3, 0.4) is 0 Å². The normalized spacial score (nSPS) is 16.3. The van der Waals surface area contributed by atoms with E-state index in [2.05, 4.69) is 158 Å². The highest BCUT2D eigenvalue weighted by molar-refractivity contribution is 7.99. The zero-order valence-corrected chi connectivity index (χ0v) is 25.7. The Labute approximate surface area is 272 Å². The van der Waals surface area contributed by atoms with E-state index in [1.54, 1.807) is 0 Å². The van der Waals surface area contributed by atoms with Crippen molar-refractivity contribution in [3.63, 3.8) is 0 Å². The second-order valence-electron chi connectivity index (χ2n) is 12.8. The Morgan fingerprint density at radius 1 is 0.348 bits per heavy atom. The van der Waals surface area contributed by atoms with Gasteiger partial charge in [0.1, 0.15) is 0 Å². The van der Waals surface area contributed by atoms with E-state index in [4.69, 9.17) is 0 Å². The molecule has 0 N–H and O–H groups in total. The van der Waals surface area contributed by atoms with Crippen molar-refractivity contribution in [2.45, 2.75) is 15.2 Å². The molecule has 0 nitrogen and oxygen atoms in total. The van der Waals surface area contributed by atoms with Crippen LogP contribution in [0.4, 0.5) is 0 Å². The summed E-state index contributed by atoms with van der Waals surface area (Å²) in [4.78, 5) is 2.67. The summed E-state index contributed by atoms with van der Waals surface area (Å²) < 4.78 is 0. The van der Waals surface area contributed by atoms with Crippen LogP contribution in [0.5, 0.6) is 0 Å². The van der Waals surface area contributed by atoms with Gasteiger partial charge in [0.25, 0.3) is 0 Å². The second-order valence-corrected chi connectivity index (χ2v) is 13.8. The molecule has 1 spiro atoms. The average Bonchev–Trinajstić information content (AvgIpc) is 3.58. The molecule has 8 aromatic rings. The van der Waals surface area contributed by atoms with Gasteiger partial charge in [-0.2, -0.15) is 0 Å². The third kappa shape index (κ3) is 2.97. The van der Waals surface area contributed by atoms with E-state index in [0.717, 1.165) is 0 Å². The van der Waals surface area contributed by atoms with Gasteiger partial charge in [0.05, 0.1) is 5.41 Å². The van der Waals surface area contributed by atoms with Crippen molar-refractivity contribution in [1.82, 2.24) is 0 Å². The molecule has 8 aromatic carbocycles. The quantitative estimate of drug-likeness (QED) is 0.181. The van der Waals surface area contributed by atoms with Crippen LogP contribution in [0.2, 0.25) is 0 Å². The summed E-state index contributed by atoms with van der Waals surface area (Å²) in [6, 6.07) is 59.4. The Morgan fingerprint density at radius 3 is 1.85 bits per heavy atom. The van der Waals surface area contributed by atoms with Gasteiger partial charge in [0.2, 0.25) is 0 Å². The van der Waals surface area contributed by atoms with E-state index in [1.165, 1.54) is 98.1 Å². The number of hydrogen-bond donors (Lipinski definition) is 0. The molecule has 0 amide bonds. The van der Waals surface area contributed by atoms with E-state index in [-0.39, 0.29) is 5.41 Å². The summed E-state index contributed by atoms with van der Waals surface area (Å²) in [5.74, 6) is 0. The molecule has 3 aliphatic rings. The first-order valence-electron chi connectivity index (χ1n) is 16.0. The lowest BCUT2D eigenvalue weighted by molar-refractivity contribution is 0.795. The van der Waals surface area contributed by atoms with Crippen molar-refractivity contribution in [3.05, 3.63) is 180 Å². The van der Waals surface area contributed by atoms with Crippen LogP contribution in [0, 0.1) is 0 Å². The molecule has 46 heavy (non-hydrogen) atoms. The molecule has 0 bridgehead atoms. The molecule has 2 aliphatic carbocycles. The first-order chi connectivity index (χ1) is 22.8. The number of benzene rings is 8. The predicted molar refractivity (Wildman–Crippen MR) is 193 cm³/mol. The van der Waals surface area contributed by atoms with Gasteiger partial charge >= 0.3 is 0 Å². The third-order valence-corrected chi connectivity index (χ3v) is 11.8. The van der Waals surface area contributed by atoms with Gasteiger partial charge in [-0.3, -0.25) is 0 Å². The first kappa shape index (κ1) is 24.9. The van der Waals surface area contributed by atoms with Crippen LogP contribution in [-0.4, -0.2) is 0 Å². The molecule has 0 saturated heterocycles. The molecule has 1 aliphatic heterocycles. The zero-order chi connectivity index (χ0) is 30.0. The van der Waals surface area contributed by atoms with Crippen molar-refractivity contribution in [2.75, 3.05) is 0 Å². The van der Waals surface area contributed by atoms with Crippen molar-refractivity contribution in [3.8, 4) is 44.5 Å². The standard InChI is InChI=1S/C45H26S/c1-2-12-28-26-40-36(25-27(28)11-1)30-13-3-6-19-37(30)45(40)38-20-7-4-15-35(38)43-32(18-10-21-39(43)45)29-23-24-42-44-33(29)16-9-17-34(44)31-14-5-8-22-41(31)46-42/h1-26H. The van der Waals surface area contributed by atoms with Crippen molar-refractivity contribution in [1.29, 1.82) is 0 Å². The predicted octanol–water partition coefficient (Wildman–Crippen LogP) is 12.1. The molecule has 0 saturated carbocycles. The Hall–Kier alpha value is -5.37. The van der Waals surface area contributed by atoms with E-state index >= 15 is 0 Å². The molecule has 0 radical (unpaired) electrons. The molecule has 0 aromatic heterocycles. The highest BCUT2D eigenvalue weighted by Gasteiger charge is 2.52. The van der Waals surface area contributed by atoms with Crippen LogP contribution in [0.1, 0.15) is 22.3 Å². The van der Waals surface area contributed by atoms with Gasteiger partial charge in [-0.15, -0.1) is 0 Å². The van der Waals surface area contributed by atoms with Crippen LogP contribution in [0.15, 0.2) is 168 Å². The summed E-state index contributed by atoms with van der Waals surface area (Å²) in [5.41, 5.74) is 15.8. The number of rotatable bonds is 1. The average molecular weight is 599 g/mol. The van der Waals surface area contributed by atoms with Gasteiger partial charge in [0, 0.05) is 15.2 Å². The molecule has 212 valence electrons. The lowest BCUT2D eigenvalue weighted by Crippen LogP contribution is -2.25. The SMILES string of the molecule is c1ccc2c(c1)Sc1ccc(-c3cccc4c3-c3ccccc3C43c4ccccc4-c4cc5ccccc5cc43)c3cccc-2c13. The highest BCUT2D eigenvalue weighted by atomic mass is 32.2. The summed E-state index contributed by atoms with van der Waals surface area (Å²) >= 11 is 1.89. The molecule has 0 fully saturated rings. The maximum absolute atomic E-state index is 2.47. The molecule has 1 heterocycles. The van der Waals surface area contributed by atoms with E-state index in [0.29, 0.717) is 0 Å². The summed E-state index contributed by atoms with van der Waals surface area (Å²) in [6.45, 7) is 0. The largest absolute Gasteiger partial charge is 0.0888 e. The topological polar surface area (TPSA) is 0 Å². The Morgan fingerprint density at radius 2 is 0.978 bits per heavy atom. The minimum absolute atomic E-state index is 0.376. The van der Waals surface area contributed by atoms with Gasteiger partial charge in [-0.1, -0.05) is 145 Å². The van der Waals surface area contributed by atoms with Crippen LogP contribution in [-0.2, 0) is 5.41 Å². The number of hydrogen-bond acceptors (Lipinski definition) is 1. The van der Waals surface area contributed by atoms with Gasteiger partial charge in [-0.05, 0) is 107 Å². The van der Waals surface area contributed by atoms with Crippen LogP contribution < -0.4 is 0 Å². The summed E-state index contributed by atoms with van der Waals surface area (Å²) in [7, 11) is 0. The summed E-state index contributed by atoms with van der Waals surface area (Å²) in [6.07, 6.45) is 0. The fraction of sp³-hybridized carbons (Fsp3) is 0.0222. The Kier molecular flexibility index (Phi) is 4.80. The van der Waals surface area contributed by atoms with E-state index in [9.17, 15) is 0 Å². The molecule has 1 atom stereocenters. The minimum Gasteiger partial charge on any atom is -0.0888 e. The summed E-state index contributed by atoms with van der Waals surface area (Å²) in [5, 5.41) is 5.26. The Bertz CT molecular complexity index is 2630. The van der Waals surface area contributed by atoms with Gasteiger partial charge in [-0.25, -0.2) is 0 Å². The van der Waals surface area contributed by atoms with Crippen molar-refractivity contribution < 1.29 is 0 Å². The van der Waals surface area contributed by atoms with Crippen molar-refractivity contribution in [2.24, 2.45) is 0 Å². The van der Waals surface area contributed by atoms with Crippen LogP contribution >= 0.6 is 11.8 Å². The molecule has 1 heteroatoms. The van der Waals surface area contributed by atoms with Crippen molar-refractivity contribution >= 4 is 33.3 Å². The molecular weight excluding hydrogens is 573 g/mol. The zero-order valence-electron chi connectivity index (χ0n) is 24.9. The molecular formula is C45H26S. The third-order valence-electron chi connectivity index (χ3n) is 10.7. The molecule has 11 rings (SSSR count). The van der Waals surface area contributed by atoms with E-state index < -0.39 is 0 Å². The number of fused-ring (bicyclic) bond motifs is 13. The maximum atomic E-state index is 2.47. The smallest absolute Gasteiger partial charge is 0.0725 e. The van der Waals surface area contributed by atoms with Gasteiger partial charge in [0.15, 0.2) is 0 Å². The Balaban J connectivity index is 1.25. The minimum atomic E-state index is -0.376. The molecule has 1 unspecified atom stereocenters. The van der Waals surface area contributed by atoms with E-state index in [1.807, 2.05) is 11.8 Å². The first-order valence-corrected chi connectivity index (χ1v) is 16.8. The fourth-order valence-corrected chi connectivity index (χ4v) is 10.0. The lowest BCUT2D eigenvalue weighted by Gasteiger charge is -2.30. The lowest BCUT2D eigenvalue weighted by atomic mass is 9.70.